The molecule has 4 rings (SSSR count). The molecule has 3 aromatic rings. The maximum atomic E-state index is 14.7. The van der Waals surface area contributed by atoms with E-state index in [1.54, 1.807) is 54.6 Å². The molecule has 0 spiro atoms. The number of hydrogen-bond donors (Lipinski definition) is 3. The second-order valence-electron chi connectivity index (χ2n) is 6.30. The SMILES string of the molecule is O=C(Nc1cccc(Cl)c1)Nc1ccc(-c2cccc3c2CNC3=O)c(F)c1. The number of anilines is 2. The van der Waals surface area contributed by atoms with Crippen LogP contribution in [-0.4, -0.2) is 11.9 Å². The monoisotopic (exact) mass is 395 g/mol. The van der Waals surface area contributed by atoms with Gasteiger partial charge >= 0.3 is 6.03 Å². The third-order valence-corrected chi connectivity index (χ3v) is 4.68. The minimum atomic E-state index is -0.509. The maximum Gasteiger partial charge on any atom is 0.323 e. The molecule has 3 N–H and O–H groups in total. The topological polar surface area (TPSA) is 70.2 Å². The minimum absolute atomic E-state index is 0.159. The Hall–Kier alpha value is -3.38. The first-order chi connectivity index (χ1) is 13.5. The van der Waals surface area contributed by atoms with Gasteiger partial charge in [-0.25, -0.2) is 9.18 Å². The van der Waals surface area contributed by atoms with Crippen LogP contribution in [0.2, 0.25) is 5.02 Å². The van der Waals surface area contributed by atoms with E-state index in [-0.39, 0.29) is 5.91 Å². The normalized spacial score (nSPS) is 12.3. The number of hydrogen-bond acceptors (Lipinski definition) is 2. The molecule has 0 radical (unpaired) electrons. The van der Waals surface area contributed by atoms with E-state index in [2.05, 4.69) is 16.0 Å². The molecular formula is C21H15ClFN3O2. The zero-order valence-electron chi connectivity index (χ0n) is 14.6. The van der Waals surface area contributed by atoms with Crippen LogP contribution in [0.1, 0.15) is 15.9 Å². The predicted octanol–water partition coefficient (Wildman–Crippen LogP) is 5.03. The fourth-order valence-corrected chi connectivity index (χ4v) is 3.37. The van der Waals surface area contributed by atoms with Gasteiger partial charge in [-0.15, -0.1) is 0 Å². The van der Waals surface area contributed by atoms with Gasteiger partial charge in [0.2, 0.25) is 0 Å². The Morgan fingerprint density at radius 3 is 2.39 bits per heavy atom. The van der Waals surface area contributed by atoms with Crippen molar-refractivity contribution < 1.29 is 14.0 Å². The molecule has 0 saturated carbocycles. The number of urea groups is 1. The molecule has 0 aromatic heterocycles. The summed E-state index contributed by atoms with van der Waals surface area (Å²) in [7, 11) is 0. The van der Waals surface area contributed by atoms with E-state index in [0.29, 0.717) is 39.6 Å². The van der Waals surface area contributed by atoms with E-state index in [4.69, 9.17) is 11.6 Å². The third kappa shape index (κ3) is 3.54. The van der Waals surface area contributed by atoms with Crippen molar-refractivity contribution in [2.75, 3.05) is 10.6 Å². The van der Waals surface area contributed by atoms with Crippen LogP contribution in [0.3, 0.4) is 0 Å². The Bertz CT molecular complexity index is 1100. The van der Waals surface area contributed by atoms with Crippen LogP contribution in [0.4, 0.5) is 20.6 Å². The molecule has 0 aliphatic carbocycles. The molecule has 1 aliphatic heterocycles. The Kier molecular flexibility index (Phi) is 4.71. The zero-order chi connectivity index (χ0) is 19.7. The van der Waals surface area contributed by atoms with Crippen LogP contribution in [0.15, 0.2) is 60.7 Å². The molecule has 0 bridgehead atoms. The van der Waals surface area contributed by atoms with E-state index in [0.717, 1.165) is 5.56 Å². The van der Waals surface area contributed by atoms with Crippen molar-refractivity contribution in [3.63, 3.8) is 0 Å². The van der Waals surface area contributed by atoms with E-state index in [9.17, 15) is 14.0 Å². The highest BCUT2D eigenvalue weighted by molar-refractivity contribution is 6.30. The Morgan fingerprint density at radius 1 is 0.929 bits per heavy atom. The molecular weight excluding hydrogens is 381 g/mol. The summed E-state index contributed by atoms with van der Waals surface area (Å²) in [6, 6.07) is 15.9. The number of carbonyl (C=O) groups is 2. The summed E-state index contributed by atoms with van der Waals surface area (Å²) in [4.78, 5) is 23.9. The largest absolute Gasteiger partial charge is 0.348 e. The molecule has 0 fully saturated rings. The van der Waals surface area contributed by atoms with E-state index in [1.807, 2.05) is 0 Å². The molecule has 1 aliphatic rings. The lowest BCUT2D eigenvalue weighted by molar-refractivity contribution is 0.0965. The van der Waals surface area contributed by atoms with Crippen molar-refractivity contribution in [2.24, 2.45) is 0 Å². The smallest absolute Gasteiger partial charge is 0.323 e. The minimum Gasteiger partial charge on any atom is -0.348 e. The molecule has 0 unspecified atom stereocenters. The van der Waals surface area contributed by atoms with Gasteiger partial charge in [0, 0.05) is 34.1 Å². The number of carbonyl (C=O) groups excluding carboxylic acids is 2. The average molecular weight is 396 g/mol. The first-order valence-corrected chi connectivity index (χ1v) is 8.92. The summed E-state index contributed by atoms with van der Waals surface area (Å²) in [5.74, 6) is -0.651. The Morgan fingerprint density at radius 2 is 1.64 bits per heavy atom. The number of rotatable bonds is 3. The Balaban J connectivity index is 1.54. The lowest BCUT2D eigenvalue weighted by Gasteiger charge is -2.11. The summed E-state index contributed by atoms with van der Waals surface area (Å²) in [5, 5.41) is 8.46. The van der Waals surface area contributed by atoms with Crippen molar-refractivity contribution in [1.82, 2.24) is 5.32 Å². The molecule has 28 heavy (non-hydrogen) atoms. The zero-order valence-corrected chi connectivity index (χ0v) is 15.3. The Labute approximate surface area is 165 Å². The van der Waals surface area contributed by atoms with Gasteiger partial charge in [-0.3, -0.25) is 4.79 Å². The number of halogens is 2. The fourth-order valence-electron chi connectivity index (χ4n) is 3.18. The third-order valence-electron chi connectivity index (χ3n) is 4.45. The summed E-state index contributed by atoms with van der Waals surface area (Å²) in [6.07, 6.45) is 0. The lowest BCUT2D eigenvalue weighted by atomic mass is 9.96. The van der Waals surface area contributed by atoms with Gasteiger partial charge in [0.1, 0.15) is 5.82 Å². The predicted molar refractivity (Wildman–Crippen MR) is 107 cm³/mol. The summed E-state index contributed by atoms with van der Waals surface area (Å²) in [6.45, 7) is 0.367. The number of nitrogens with one attached hydrogen (secondary N) is 3. The van der Waals surface area contributed by atoms with Crippen molar-refractivity contribution in [3.05, 3.63) is 82.6 Å². The molecule has 1 heterocycles. The summed E-state index contributed by atoms with van der Waals surface area (Å²) >= 11 is 5.89. The van der Waals surface area contributed by atoms with Gasteiger partial charge in [0.25, 0.3) is 5.91 Å². The van der Waals surface area contributed by atoms with Crippen molar-refractivity contribution in [3.8, 4) is 11.1 Å². The quantitative estimate of drug-likeness (QED) is 0.581. The van der Waals surface area contributed by atoms with Crippen molar-refractivity contribution >= 4 is 34.9 Å². The summed E-state index contributed by atoms with van der Waals surface area (Å²) in [5.41, 5.74) is 3.19. The van der Waals surface area contributed by atoms with Gasteiger partial charge in [-0.2, -0.15) is 0 Å². The van der Waals surface area contributed by atoms with E-state index < -0.39 is 11.8 Å². The standard InChI is InChI=1S/C21H15ClFN3O2/c22-12-3-1-4-13(9-12)25-21(28)26-14-7-8-16(19(23)10-14)15-5-2-6-17-18(15)11-24-20(17)27/h1-10H,11H2,(H,24,27)(H2,25,26,28). The van der Waals surface area contributed by atoms with Crippen molar-refractivity contribution in [2.45, 2.75) is 6.54 Å². The second kappa shape index (κ2) is 7.32. The molecule has 3 aromatic carbocycles. The van der Waals surface area contributed by atoms with Gasteiger partial charge in [-0.1, -0.05) is 29.8 Å². The van der Waals surface area contributed by atoms with Gasteiger partial charge in [0.05, 0.1) is 0 Å². The maximum absolute atomic E-state index is 14.7. The van der Waals surface area contributed by atoms with Crippen LogP contribution < -0.4 is 16.0 Å². The van der Waals surface area contributed by atoms with E-state index >= 15 is 0 Å². The van der Waals surface area contributed by atoms with Crippen LogP contribution in [-0.2, 0) is 6.54 Å². The van der Waals surface area contributed by atoms with Crippen LogP contribution >= 0.6 is 11.6 Å². The first-order valence-electron chi connectivity index (χ1n) is 8.55. The molecule has 7 heteroatoms. The fraction of sp³-hybridized carbons (Fsp3) is 0.0476. The van der Waals surface area contributed by atoms with Crippen LogP contribution in [0.5, 0.6) is 0 Å². The first kappa shape index (κ1) is 18.0. The second-order valence-corrected chi connectivity index (χ2v) is 6.73. The number of benzene rings is 3. The van der Waals surface area contributed by atoms with Crippen LogP contribution in [0.25, 0.3) is 11.1 Å². The molecule has 3 amide bonds. The molecule has 0 saturated heterocycles. The van der Waals surface area contributed by atoms with Gasteiger partial charge in [-0.05, 0) is 53.6 Å². The van der Waals surface area contributed by atoms with Gasteiger partial charge < -0.3 is 16.0 Å². The average Bonchev–Trinajstić information content (AvgIpc) is 3.03. The highest BCUT2D eigenvalue weighted by Crippen LogP contribution is 2.32. The lowest BCUT2D eigenvalue weighted by Crippen LogP contribution is -2.19. The number of fused-ring (bicyclic) bond motifs is 1. The highest BCUT2D eigenvalue weighted by Gasteiger charge is 2.23. The molecule has 0 atom stereocenters. The number of amides is 3. The van der Waals surface area contributed by atoms with Crippen LogP contribution in [0, 0.1) is 5.82 Å². The molecule has 5 nitrogen and oxygen atoms in total. The van der Waals surface area contributed by atoms with Gasteiger partial charge in [0.15, 0.2) is 0 Å². The van der Waals surface area contributed by atoms with E-state index in [1.165, 1.54) is 6.07 Å². The summed E-state index contributed by atoms with van der Waals surface area (Å²) < 4.78 is 14.7. The highest BCUT2D eigenvalue weighted by atomic mass is 35.5. The van der Waals surface area contributed by atoms with Crippen molar-refractivity contribution in [1.29, 1.82) is 0 Å². The molecule has 140 valence electrons.